The molecule has 2 aromatic carbocycles. The molecule has 8 heteroatoms. The number of nitrogens with zero attached hydrogens (tertiary/aromatic N) is 3. The Bertz CT molecular complexity index is 1030. The van der Waals surface area contributed by atoms with Gasteiger partial charge in [-0.15, -0.1) is 0 Å². The van der Waals surface area contributed by atoms with Crippen LogP contribution in [0.2, 0.25) is 0 Å². The molecule has 0 bridgehead atoms. The lowest BCUT2D eigenvalue weighted by atomic mass is 9.92. The third-order valence-electron chi connectivity index (χ3n) is 5.14. The molecule has 1 aliphatic rings. The van der Waals surface area contributed by atoms with Crippen molar-refractivity contribution in [1.29, 1.82) is 5.26 Å². The molecule has 0 aromatic heterocycles. The molecule has 30 heavy (non-hydrogen) atoms. The highest BCUT2D eigenvalue weighted by atomic mass is 16.5. The summed E-state index contributed by atoms with van der Waals surface area (Å²) in [7, 11) is 3.13. The normalized spacial score (nSPS) is 18.0. The second-order valence-corrected chi connectivity index (χ2v) is 7.24. The first-order valence-corrected chi connectivity index (χ1v) is 9.30. The molecule has 2 aromatic rings. The van der Waals surface area contributed by atoms with Gasteiger partial charge >= 0.3 is 6.03 Å². The van der Waals surface area contributed by atoms with Crippen LogP contribution in [0.4, 0.5) is 4.79 Å². The van der Waals surface area contributed by atoms with E-state index in [2.05, 4.69) is 11.4 Å². The zero-order valence-corrected chi connectivity index (χ0v) is 17.0. The topological polar surface area (TPSA) is 103 Å². The summed E-state index contributed by atoms with van der Waals surface area (Å²) in [6.07, 6.45) is 0. The van der Waals surface area contributed by atoms with Gasteiger partial charge in [-0.05, 0) is 42.3 Å². The molecule has 0 saturated carbocycles. The van der Waals surface area contributed by atoms with Gasteiger partial charge in [0, 0.05) is 13.6 Å². The van der Waals surface area contributed by atoms with Gasteiger partial charge in [0.1, 0.15) is 17.8 Å². The third-order valence-corrected chi connectivity index (χ3v) is 5.14. The molecule has 1 saturated heterocycles. The summed E-state index contributed by atoms with van der Waals surface area (Å²) >= 11 is 0. The summed E-state index contributed by atoms with van der Waals surface area (Å²) in [5, 5.41) is 11.7. The number of methoxy groups -OCH3 is 1. The molecule has 4 amide bonds. The molecule has 0 radical (unpaired) electrons. The highest BCUT2D eigenvalue weighted by Gasteiger charge is 2.49. The maximum atomic E-state index is 13.0. The van der Waals surface area contributed by atoms with E-state index in [4.69, 9.17) is 10.00 Å². The largest absolute Gasteiger partial charge is 0.497 e. The highest BCUT2D eigenvalue weighted by Crippen LogP contribution is 2.30. The Kier molecular flexibility index (Phi) is 5.74. The van der Waals surface area contributed by atoms with Crippen molar-refractivity contribution in [3.63, 3.8) is 0 Å². The van der Waals surface area contributed by atoms with Crippen LogP contribution in [0.3, 0.4) is 0 Å². The number of likely N-dealkylation sites (N-methyl/N-ethyl adjacent to an activating group) is 1. The van der Waals surface area contributed by atoms with E-state index in [0.717, 1.165) is 10.5 Å². The minimum Gasteiger partial charge on any atom is -0.497 e. The van der Waals surface area contributed by atoms with Crippen LogP contribution >= 0.6 is 0 Å². The minimum absolute atomic E-state index is 0.258. The van der Waals surface area contributed by atoms with Crippen LogP contribution in [-0.2, 0) is 21.7 Å². The lowest BCUT2D eigenvalue weighted by molar-refractivity contribution is -0.138. The summed E-state index contributed by atoms with van der Waals surface area (Å²) in [6, 6.07) is 15.2. The van der Waals surface area contributed by atoms with Crippen molar-refractivity contribution in [3.05, 3.63) is 65.2 Å². The molecule has 1 atom stereocenters. The van der Waals surface area contributed by atoms with E-state index in [1.54, 1.807) is 69.6 Å². The fourth-order valence-corrected chi connectivity index (χ4v) is 3.32. The van der Waals surface area contributed by atoms with E-state index < -0.39 is 17.5 Å². The first-order chi connectivity index (χ1) is 14.3. The second kappa shape index (κ2) is 8.25. The molecule has 1 heterocycles. The van der Waals surface area contributed by atoms with Crippen molar-refractivity contribution >= 4 is 17.8 Å². The van der Waals surface area contributed by atoms with Crippen LogP contribution in [0.5, 0.6) is 5.75 Å². The van der Waals surface area contributed by atoms with Crippen molar-refractivity contribution in [2.45, 2.75) is 19.0 Å². The van der Waals surface area contributed by atoms with Crippen molar-refractivity contribution < 1.29 is 19.1 Å². The fraction of sp³-hybridized carbons (Fsp3) is 0.273. The van der Waals surface area contributed by atoms with E-state index >= 15 is 0 Å². The van der Waals surface area contributed by atoms with Gasteiger partial charge in [0.2, 0.25) is 5.91 Å². The minimum atomic E-state index is -1.26. The number of rotatable bonds is 6. The SMILES string of the molecule is COc1ccc(C2(C)NC(=O)N(CC(=O)N(C)Cc3cccc(C#N)c3)C2=O)cc1. The van der Waals surface area contributed by atoms with Crippen molar-refractivity contribution in [2.24, 2.45) is 0 Å². The van der Waals surface area contributed by atoms with E-state index in [1.165, 1.54) is 4.90 Å². The molecule has 1 unspecified atom stereocenters. The van der Waals surface area contributed by atoms with Crippen LogP contribution < -0.4 is 10.1 Å². The summed E-state index contributed by atoms with van der Waals surface area (Å²) in [6.45, 7) is 1.50. The van der Waals surface area contributed by atoms with Gasteiger partial charge in [-0.2, -0.15) is 5.26 Å². The number of amides is 4. The third kappa shape index (κ3) is 3.96. The van der Waals surface area contributed by atoms with Crippen molar-refractivity contribution in [3.8, 4) is 11.8 Å². The molecule has 154 valence electrons. The average Bonchev–Trinajstić information content (AvgIpc) is 2.97. The first kappa shape index (κ1) is 20.9. The molecule has 0 aliphatic carbocycles. The number of urea groups is 1. The number of hydrogen-bond acceptors (Lipinski definition) is 5. The van der Waals surface area contributed by atoms with Crippen LogP contribution in [0.1, 0.15) is 23.6 Å². The van der Waals surface area contributed by atoms with E-state index in [1.807, 2.05) is 0 Å². The average molecular weight is 406 g/mol. The van der Waals surface area contributed by atoms with Gasteiger partial charge in [-0.1, -0.05) is 24.3 Å². The van der Waals surface area contributed by atoms with Crippen molar-refractivity contribution in [2.75, 3.05) is 20.7 Å². The quantitative estimate of drug-likeness (QED) is 0.739. The van der Waals surface area contributed by atoms with Crippen LogP contribution in [0.25, 0.3) is 0 Å². The predicted molar refractivity (Wildman–Crippen MR) is 108 cm³/mol. The smallest absolute Gasteiger partial charge is 0.325 e. The molecule has 1 aliphatic heterocycles. The van der Waals surface area contributed by atoms with Gasteiger partial charge in [-0.25, -0.2) is 4.79 Å². The fourth-order valence-electron chi connectivity index (χ4n) is 3.32. The summed E-state index contributed by atoms with van der Waals surface area (Å²) in [5.74, 6) is -0.251. The zero-order valence-electron chi connectivity index (χ0n) is 17.0. The number of benzene rings is 2. The molecule has 3 rings (SSSR count). The number of nitrogens with one attached hydrogen (secondary N) is 1. The number of hydrogen-bond donors (Lipinski definition) is 1. The summed E-state index contributed by atoms with van der Waals surface area (Å²) in [4.78, 5) is 40.4. The molecule has 1 N–H and O–H groups in total. The zero-order chi connectivity index (χ0) is 21.9. The summed E-state index contributed by atoms with van der Waals surface area (Å²) < 4.78 is 5.13. The number of imide groups is 1. The monoisotopic (exact) mass is 406 g/mol. The number of nitriles is 1. The maximum Gasteiger partial charge on any atom is 0.325 e. The molecular weight excluding hydrogens is 384 g/mol. The van der Waals surface area contributed by atoms with E-state index in [0.29, 0.717) is 16.9 Å². The Morgan fingerprint density at radius 2 is 1.93 bits per heavy atom. The van der Waals surface area contributed by atoms with Crippen molar-refractivity contribution in [1.82, 2.24) is 15.1 Å². The number of carbonyl (C=O) groups is 3. The predicted octanol–water partition coefficient (Wildman–Crippen LogP) is 1.99. The van der Waals surface area contributed by atoms with Crippen LogP contribution in [0, 0.1) is 11.3 Å². The van der Waals surface area contributed by atoms with E-state index in [9.17, 15) is 14.4 Å². The molecule has 8 nitrogen and oxygen atoms in total. The standard InChI is InChI=1S/C22H22N4O4/c1-22(17-7-9-18(30-3)10-8-17)20(28)26(21(29)24-22)14-19(27)25(2)13-16-6-4-5-15(11-16)12-23/h4-11H,13-14H2,1-3H3,(H,24,29). The Morgan fingerprint density at radius 3 is 2.57 bits per heavy atom. The first-order valence-electron chi connectivity index (χ1n) is 9.30. The molecule has 1 fully saturated rings. The molecular formula is C22H22N4O4. The Morgan fingerprint density at radius 1 is 1.23 bits per heavy atom. The second-order valence-electron chi connectivity index (χ2n) is 7.24. The lowest BCUT2D eigenvalue weighted by Crippen LogP contribution is -2.43. The number of carbonyl (C=O) groups excluding carboxylic acids is 3. The highest BCUT2D eigenvalue weighted by molar-refractivity contribution is 6.09. The Labute approximate surface area is 174 Å². The Balaban J connectivity index is 1.71. The maximum absolute atomic E-state index is 13.0. The Hall–Kier alpha value is -3.86. The number of ether oxygens (including phenoxy) is 1. The van der Waals surface area contributed by atoms with Gasteiger partial charge in [0.25, 0.3) is 5.91 Å². The van der Waals surface area contributed by atoms with Gasteiger partial charge in [-0.3, -0.25) is 14.5 Å². The summed E-state index contributed by atoms with van der Waals surface area (Å²) in [5.41, 5.74) is 0.615. The lowest BCUT2D eigenvalue weighted by Gasteiger charge is -2.23. The van der Waals surface area contributed by atoms with Gasteiger partial charge in [0.15, 0.2) is 0 Å². The van der Waals surface area contributed by atoms with Gasteiger partial charge < -0.3 is 15.0 Å². The van der Waals surface area contributed by atoms with Crippen LogP contribution in [0.15, 0.2) is 48.5 Å². The van der Waals surface area contributed by atoms with Crippen LogP contribution in [-0.4, -0.2) is 48.3 Å². The van der Waals surface area contributed by atoms with Gasteiger partial charge in [0.05, 0.1) is 18.7 Å². The molecule has 0 spiro atoms. The van der Waals surface area contributed by atoms with E-state index in [-0.39, 0.29) is 19.0 Å².